The normalized spacial score (nSPS) is 22.1. The highest BCUT2D eigenvalue weighted by Gasteiger charge is 2.55. The molecule has 2 atom stereocenters. The summed E-state index contributed by atoms with van der Waals surface area (Å²) in [5.74, 6) is -2.11. The molecule has 2 aromatic rings. The van der Waals surface area contributed by atoms with Crippen LogP contribution in [0.5, 0.6) is 11.5 Å². The zero-order valence-electron chi connectivity index (χ0n) is 16.7. The van der Waals surface area contributed by atoms with E-state index in [1.54, 1.807) is 0 Å². The summed E-state index contributed by atoms with van der Waals surface area (Å²) in [7, 11) is 0. The average Bonchev–Trinajstić information content (AvgIpc) is 3.16. The number of carbonyl (C=O) groups excluding carboxylic acids is 2. The number of halogens is 4. The number of hydrogen-bond acceptors (Lipinski definition) is 6. The Morgan fingerprint density at radius 2 is 1.97 bits per heavy atom. The van der Waals surface area contributed by atoms with Crippen molar-refractivity contribution < 1.29 is 37.5 Å². The maximum Gasteiger partial charge on any atom is 0.416 e. The lowest BCUT2D eigenvalue weighted by Crippen LogP contribution is -2.38. The Bertz CT molecular complexity index is 1230. The summed E-state index contributed by atoms with van der Waals surface area (Å²) in [5, 5.41) is 21.1. The van der Waals surface area contributed by atoms with Gasteiger partial charge >= 0.3 is 6.18 Å². The van der Waals surface area contributed by atoms with Crippen molar-refractivity contribution in [1.82, 2.24) is 0 Å². The molecule has 4 rings (SSSR count). The SMILES string of the molecule is O=C1C=C(O)C2CCC1(C(=O)c1cc(Oc3ccc(C(F)(F)F)cc3Cl)ccc1[N+](=O)[O-])C2. The summed E-state index contributed by atoms with van der Waals surface area (Å²) >= 11 is 5.90. The number of rotatable bonds is 5. The van der Waals surface area contributed by atoms with E-state index in [1.807, 2.05) is 0 Å². The average molecular weight is 482 g/mol. The van der Waals surface area contributed by atoms with Gasteiger partial charge in [0.2, 0.25) is 0 Å². The molecule has 0 heterocycles. The van der Waals surface area contributed by atoms with Crippen molar-refractivity contribution in [1.29, 1.82) is 0 Å². The summed E-state index contributed by atoms with van der Waals surface area (Å²) in [6, 6.07) is 5.69. The predicted molar refractivity (Wildman–Crippen MR) is 109 cm³/mol. The van der Waals surface area contributed by atoms with Gasteiger partial charge in [-0.2, -0.15) is 13.2 Å². The number of aliphatic hydroxyl groups is 1. The van der Waals surface area contributed by atoms with Crippen molar-refractivity contribution >= 4 is 28.9 Å². The van der Waals surface area contributed by atoms with E-state index in [1.165, 1.54) is 6.07 Å². The number of fused-ring (bicyclic) bond motifs is 2. The second-order valence-electron chi connectivity index (χ2n) is 7.97. The maximum atomic E-state index is 13.4. The van der Waals surface area contributed by atoms with Crippen molar-refractivity contribution in [2.24, 2.45) is 11.3 Å². The quantitative estimate of drug-likeness (QED) is 0.241. The van der Waals surface area contributed by atoms with Crippen LogP contribution < -0.4 is 4.74 Å². The van der Waals surface area contributed by atoms with Crippen LogP contribution in [0.25, 0.3) is 0 Å². The molecule has 2 aliphatic carbocycles. The van der Waals surface area contributed by atoms with E-state index in [2.05, 4.69) is 0 Å². The smallest absolute Gasteiger partial charge is 0.416 e. The van der Waals surface area contributed by atoms with Crippen molar-refractivity contribution in [3.05, 3.63) is 74.5 Å². The third-order valence-corrected chi connectivity index (χ3v) is 6.31. The summed E-state index contributed by atoms with van der Waals surface area (Å²) in [6.07, 6.45) is -3.07. The predicted octanol–water partition coefficient (Wildman–Crippen LogP) is 6.05. The molecule has 2 bridgehead atoms. The Labute approximate surface area is 189 Å². The molecule has 1 fully saturated rings. The van der Waals surface area contributed by atoms with Gasteiger partial charge in [-0.05, 0) is 49.6 Å². The fourth-order valence-corrected chi connectivity index (χ4v) is 4.51. The largest absolute Gasteiger partial charge is 0.512 e. The Hall–Kier alpha value is -3.40. The first kappa shape index (κ1) is 22.8. The van der Waals surface area contributed by atoms with Crippen LogP contribution in [0.15, 0.2) is 48.2 Å². The molecule has 0 spiro atoms. The van der Waals surface area contributed by atoms with Gasteiger partial charge in [0, 0.05) is 18.1 Å². The van der Waals surface area contributed by atoms with Gasteiger partial charge in [0.1, 0.15) is 11.5 Å². The first-order valence-electron chi connectivity index (χ1n) is 9.75. The molecule has 0 amide bonds. The van der Waals surface area contributed by atoms with Gasteiger partial charge in [-0.3, -0.25) is 19.7 Å². The van der Waals surface area contributed by atoms with E-state index in [9.17, 15) is 38.0 Å². The van der Waals surface area contributed by atoms with Gasteiger partial charge in [0.25, 0.3) is 5.69 Å². The summed E-state index contributed by atoms with van der Waals surface area (Å²) in [5.41, 5.74) is -3.42. The van der Waals surface area contributed by atoms with Gasteiger partial charge in [0.05, 0.1) is 32.2 Å². The van der Waals surface area contributed by atoms with Crippen LogP contribution in [-0.2, 0) is 11.0 Å². The van der Waals surface area contributed by atoms with Crippen LogP contribution in [0.3, 0.4) is 0 Å². The van der Waals surface area contributed by atoms with Gasteiger partial charge in [0.15, 0.2) is 11.6 Å². The van der Waals surface area contributed by atoms with Gasteiger partial charge < -0.3 is 9.84 Å². The molecule has 2 unspecified atom stereocenters. The highest BCUT2D eigenvalue weighted by Crippen LogP contribution is 2.51. The number of nitrogens with zero attached hydrogens (tertiary/aromatic N) is 1. The van der Waals surface area contributed by atoms with E-state index in [4.69, 9.17) is 16.3 Å². The Morgan fingerprint density at radius 3 is 2.61 bits per heavy atom. The van der Waals surface area contributed by atoms with Crippen LogP contribution >= 0.6 is 11.6 Å². The number of allylic oxidation sites excluding steroid dienone is 2. The zero-order chi connectivity index (χ0) is 24.1. The van der Waals surface area contributed by atoms with E-state index in [-0.39, 0.29) is 46.6 Å². The third kappa shape index (κ3) is 3.95. The van der Waals surface area contributed by atoms with Crippen LogP contribution in [0.1, 0.15) is 35.2 Å². The van der Waals surface area contributed by atoms with Crippen LogP contribution in [0.4, 0.5) is 18.9 Å². The topological polar surface area (TPSA) is 107 Å². The standard InChI is InChI=1S/C22H15ClF3NO6/c23-15-7-12(22(24,25)26)1-4-18(15)33-13-2-3-16(27(31)32)14(8-13)20(30)21-6-5-11(10-21)17(28)9-19(21)29/h1-4,7-9,11,28H,5-6,10H2. The van der Waals surface area contributed by atoms with Crippen LogP contribution in [0, 0.1) is 21.4 Å². The molecule has 2 aromatic carbocycles. The van der Waals surface area contributed by atoms with Crippen molar-refractivity contribution in [2.75, 3.05) is 0 Å². The maximum absolute atomic E-state index is 13.4. The van der Waals surface area contributed by atoms with Crippen molar-refractivity contribution in [2.45, 2.75) is 25.4 Å². The number of nitro benzene ring substituents is 1. The molecule has 0 aliphatic heterocycles. The van der Waals surface area contributed by atoms with E-state index >= 15 is 0 Å². The summed E-state index contributed by atoms with van der Waals surface area (Å²) in [6.45, 7) is 0. The van der Waals surface area contributed by atoms with Crippen LogP contribution in [-0.4, -0.2) is 21.6 Å². The highest BCUT2D eigenvalue weighted by molar-refractivity contribution is 6.32. The number of aliphatic hydroxyl groups excluding tert-OH is 1. The lowest BCUT2D eigenvalue weighted by Gasteiger charge is -2.28. The van der Waals surface area contributed by atoms with Crippen LogP contribution in [0.2, 0.25) is 5.02 Å². The summed E-state index contributed by atoms with van der Waals surface area (Å²) in [4.78, 5) is 36.8. The van der Waals surface area contributed by atoms with Crippen molar-refractivity contribution in [3.8, 4) is 11.5 Å². The summed E-state index contributed by atoms with van der Waals surface area (Å²) < 4.78 is 44.0. The van der Waals surface area contributed by atoms with Gasteiger partial charge in [-0.25, -0.2) is 0 Å². The highest BCUT2D eigenvalue weighted by atomic mass is 35.5. The number of hydrogen-bond donors (Lipinski definition) is 1. The van der Waals surface area contributed by atoms with E-state index in [0.717, 1.165) is 30.3 Å². The minimum atomic E-state index is -4.61. The van der Waals surface area contributed by atoms with Gasteiger partial charge in [-0.1, -0.05) is 11.6 Å². The zero-order valence-corrected chi connectivity index (χ0v) is 17.4. The Kier molecular flexibility index (Phi) is 5.44. The molecule has 2 aliphatic rings. The molecule has 0 saturated heterocycles. The first-order valence-corrected chi connectivity index (χ1v) is 10.1. The number of nitro groups is 1. The van der Waals surface area contributed by atoms with E-state index < -0.39 is 39.3 Å². The Morgan fingerprint density at radius 1 is 1.24 bits per heavy atom. The molecular weight excluding hydrogens is 467 g/mol. The number of benzene rings is 2. The van der Waals surface area contributed by atoms with Crippen molar-refractivity contribution in [3.63, 3.8) is 0 Å². The Balaban J connectivity index is 1.71. The first-order chi connectivity index (χ1) is 15.4. The molecule has 172 valence electrons. The molecule has 7 nitrogen and oxygen atoms in total. The molecule has 0 radical (unpaired) electrons. The third-order valence-electron chi connectivity index (χ3n) is 6.01. The minimum Gasteiger partial charge on any atom is -0.512 e. The second-order valence-corrected chi connectivity index (χ2v) is 8.37. The molecule has 1 N–H and O–H groups in total. The molecule has 1 saturated carbocycles. The fourth-order valence-electron chi connectivity index (χ4n) is 4.29. The number of ether oxygens (including phenoxy) is 1. The number of ketones is 2. The minimum absolute atomic E-state index is 0.0416. The molecule has 0 aromatic heterocycles. The molecule has 11 heteroatoms. The molecule has 33 heavy (non-hydrogen) atoms. The number of Topliss-reactive ketones (excluding diaryl/α,β-unsaturated/α-hetero) is 1. The lowest BCUT2D eigenvalue weighted by molar-refractivity contribution is -0.385. The number of alkyl halides is 3. The second kappa shape index (κ2) is 7.87. The lowest BCUT2D eigenvalue weighted by atomic mass is 9.72. The number of carbonyl (C=O) groups is 2. The van der Waals surface area contributed by atoms with Gasteiger partial charge in [-0.15, -0.1) is 0 Å². The van der Waals surface area contributed by atoms with E-state index in [0.29, 0.717) is 12.5 Å². The molecular formula is C22H15ClF3NO6. The fraction of sp³-hybridized carbons (Fsp3) is 0.273. The monoisotopic (exact) mass is 481 g/mol.